The molecule has 0 bridgehead atoms. The molecule has 20 heavy (non-hydrogen) atoms. The number of nitrogens with one attached hydrogen (secondary N) is 1. The third-order valence-corrected chi connectivity index (χ3v) is 3.33. The monoisotopic (exact) mass is 280 g/mol. The molecule has 1 aromatic rings. The van der Waals surface area contributed by atoms with Gasteiger partial charge in [-0.15, -0.1) is 0 Å². The Morgan fingerprint density at radius 2 is 2.20 bits per heavy atom. The summed E-state index contributed by atoms with van der Waals surface area (Å²) in [6.45, 7) is 9.73. The van der Waals surface area contributed by atoms with Crippen molar-refractivity contribution in [3.63, 3.8) is 0 Å². The van der Waals surface area contributed by atoms with E-state index in [4.69, 9.17) is 4.74 Å². The van der Waals surface area contributed by atoms with Gasteiger partial charge in [0.2, 0.25) is 0 Å². The van der Waals surface area contributed by atoms with Gasteiger partial charge in [0, 0.05) is 26.7 Å². The van der Waals surface area contributed by atoms with Gasteiger partial charge in [-0.05, 0) is 33.3 Å². The minimum atomic E-state index is -0.458. The maximum atomic E-state index is 12.2. The summed E-state index contributed by atoms with van der Waals surface area (Å²) in [5.41, 5.74) is 1.80. The van der Waals surface area contributed by atoms with Crippen LogP contribution in [0.5, 0.6) is 0 Å². The molecule has 112 valence electrons. The van der Waals surface area contributed by atoms with Gasteiger partial charge in [-0.1, -0.05) is 0 Å². The zero-order chi connectivity index (χ0) is 14.9. The first-order valence-corrected chi connectivity index (χ1v) is 6.98. The van der Waals surface area contributed by atoms with Gasteiger partial charge in [0.05, 0.1) is 17.9 Å². The van der Waals surface area contributed by atoms with E-state index in [1.54, 1.807) is 4.90 Å². The lowest BCUT2D eigenvalue weighted by Gasteiger charge is -2.35. The number of ether oxygens (including phenoxy) is 1. The maximum Gasteiger partial charge on any atom is 0.410 e. The highest BCUT2D eigenvalue weighted by Crippen LogP contribution is 2.21. The van der Waals surface area contributed by atoms with E-state index in [0.29, 0.717) is 13.1 Å². The van der Waals surface area contributed by atoms with Crippen molar-refractivity contribution >= 4 is 6.09 Å². The number of aryl methyl sites for hydroxylation is 2. The fourth-order valence-electron chi connectivity index (χ4n) is 2.48. The summed E-state index contributed by atoms with van der Waals surface area (Å²) >= 11 is 0. The fourth-order valence-corrected chi connectivity index (χ4v) is 2.48. The summed E-state index contributed by atoms with van der Waals surface area (Å²) in [4.78, 5) is 13.9. The van der Waals surface area contributed by atoms with Crippen LogP contribution < -0.4 is 5.32 Å². The predicted molar refractivity (Wildman–Crippen MR) is 76.5 cm³/mol. The standard InChI is InChI=1S/C14H24N4O2/c1-10-8-16-17(5)12(10)11-9-18(7-6-15-11)13(19)20-14(2,3)4/h8,11,15H,6-7,9H2,1-5H3. The van der Waals surface area contributed by atoms with E-state index < -0.39 is 5.60 Å². The number of carbonyl (C=O) groups excluding carboxylic acids is 1. The molecule has 0 aromatic carbocycles. The number of aromatic nitrogens is 2. The molecule has 6 nitrogen and oxygen atoms in total. The molecule has 1 fully saturated rings. The summed E-state index contributed by atoms with van der Waals surface area (Å²) in [5, 5.41) is 7.70. The first-order valence-electron chi connectivity index (χ1n) is 6.98. The quantitative estimate of drug-likeness (QED) is 0.849. The van der Waals surface area contributed by atoms with Crippen molar-refractivity contribution in [1.29, 1.82) is 0 Å². The zero-order valence-electron chi connectivity index (χ0n) is 12.9. The maximum absolute atomic E-state index is 12.2. The minimum absolute atomic E-state index is 0.101. The first kappa shape index (κ1) is 14.8. The average Bonchev–Trinajstić information content (AvgIpc) is 2.67. The SMILES string of the molecule is Cc1cnn(C)c1C1CN(C(=O)OC(C)(C)C)CCN1. The van der Waals surface area contributed by atoms with Crippen molar-refractivity contribution in [3.8, 4) is 0 Å². The van der Waals surface area contributed by atoms with Crippen molar-refractivity contribution in [2.24, 2.45) is 7.05 Å². The van der Waals surface area contributed by atoms with Gasteiger partial charge in [-0.2, -0.15) is 5.10 Å². The highest BCUT2D eigenvalue weighted by molar-refractivity contribution is 5.68. The molecule has 2 rings (SSSR count). The van der Waals surface area contributed by atoms with Crippen LogP contribution in [-0.2, 0) is 11.8 Å². The van der Waals surface area contributed by atoms with Crippen LogP contribution in [0.3, 0.4) is 0 Å². The Morgan fingerprint density at radius 3 is 2.75 bits per heavy atom. The van der Waals surface area contributed by atoms with Crippen molar-refractivity contribution < 1.29 is 9.53 Å². The summed E-state index contributed by atoms with van der Waals surface area (Å²) in [7, 11) is 1.93. The van der Waals surface area contributed by atoms with Crippen LogP contribution in [0.1, 0.15) is 38.1 Å². The van der Waals surface area contributed by atoms with E-state index in [-0.39, 0.29) is 12.1 Å². The van der Waals surface area contributed by atoms with Gasteiger partial charge in [0.1, 0.15) is 5.60 Å². The average molecular weight is 280 g/mol. The Bertz CT molecular complexity index is 470. The molecule has 1 amide bonds. The van der Waals surface area contributed by atoms with Crippen molar-refractivity contribution in [2.45, 2.75) is 39.3 Å². The van der Waals surface area contributed by atoms with E-state index in [0.717, 1.165) is 17.8 Å². The normalized spacial score (nSPS) is 20.1. The van der Waals surface area contributed by atoms with Crippen molar-refractivity contribution in [1.82, 2.24) is 20.0 Å². The fraction of sp³-hybridized carbons (Fsp3) is 0.714. The van der Waals surface area contributed by atoms with Crippen molar-refractivity contribution in [3.05, 3.63) is 17.5 Å². The second-order valence-corrected chi connectivity index (χ2v) is 6.27. The summed E-state index contributed by atoms with van der Waals surface area (Å²) in [5.74, 6) is 0. The van der Waals surface area contributed by atoms with E-state index >= 15 is 0 Å². The number of carbonyl (C=O) groups is 1. The van der Waals surface area contributed by atoms with E-state index in [1.807, 2.05) is 45.6 Å². The topological polar surface area (TPSA) is 59.4 Å². The van der Waals surface area contributed by atoms with Crippen LogP contribution in [-0.4, -0.2) is 46.0 Å². The number of rotatable bonds is 1. The number of hydrogen-bond acceptors (Lipinski definition) is 4. The molecular formula is C14H24N4O2. The molecule has 1 aliphatic heterocycles. The van der Waals surface area contributed by atoms with Gasteiger partial charge >= 0.3 is 6.09 Å². The smallest absolute Gasteiger partial charge is 0.410 e. The lowest BCUT2D eigenvalue weighted by molar-refractivity contribution is 0.0192. The predicted octanol–water partition coefficient (Wildman–Crippen LogP) is 1.61. The van der Waals surface area contributed by atoms with Crippen molar-refractivity contribution in [2.75, 3.05) is 19.6 Å². The van der Waals surface area contributed by atoms with Gasteiger partial charge in [0.15, 0.2) is 0 Å². The minimum Gasteiger partial charge on any atom is -0.444 e. The molecule has 6 heteroatoms. The van der Waals surface area contributed by atoms with Gasteiger partial charge < -0.3 is 15.0 Å². The Balaban J connectivity index is 2.08. The number of nitrogens with zero attached hydrogens (tertiary/aromatic N) is 3. The Kier molecular flexibility index (Phi) is 4.04. The summed E-state index contributed by atoms with van der Waals surface area (Å²) in [6, 6.07) is 0.101. The zero-order valence-corrected chi connectivity index (χ0v) is 12.9. The highest BCUT2D eigenvalue weighted by Gasteiger charge is 2.29. The molecular weight excluding hydrogens is 256 g/mol. The van der Waals surface area contributed by atoms with E-state index in [9.17, 15) is 4.79 Å². The Labute approximate surface area is 120 Å². The van der Waals surface area contributed by atoms with Crippen LogP contribution in [0, 0.1) is 6.92 Å². The number of amides is 1. The largest absolute Gasteiger partial charge is 0.444 e. The molecule has 2 heterocycles. The Hall–Kier alpha value is -1.56. The highest BCUT2D eigenvalue weighted by atomic mass is 16.6. The summed E-state index contributed by atoms with van der Waals surface area (Å²) < 4.78 is 7.31. The molecule has 0 radical (unpaired) electrons. The lowest BCUT2D eigenvalue weighted by Crippen LogP contribution is -2.50. The molecule has 1 aliphatic rings. The summed E-state index contributed by atoms with van der Waals surface area (Å²) in [6.07, 6.45) is 1.60. The van der Waals surface area contributed by atoms with Crippen LogP contribution >= 0.6 is 0 Å². The number of hydrogen-bond donors (Lipinski definition) is 1. The first-order chi connectivity index (χ1) is 9.28. The van der Waals surface area contributed by atoms with Crippen LogP contribution in [0.4, 0.5) is 4.79 Å². The lowest BCUT2D eigenvalue weighted by atomic mass is 10.1. The number of piperazine rings is 1. The van der Waals surface area contributed by atoms with Gasteiger partial charge in [-0.3, -0.25) is 4.68 Å². The molecule has 1 unspecified atom stereocenters. The molecule has 1 atom stereocenters. The molecule has 0 aliphatic carbocycles. The third-order valence-electron chi connectivity index (χ3n) is 3.33. The second kappa shape index (κ2) is 5.44. The molecule has 1 saturated heterocycles. The molecule has 1 aromatic heterocycles. The van der Waals surface area contributed by atoms with Crippen LogP contribution in [0.15, 0.2) is 6.20 Å². The molecule has 1 N–H and O–H groups in total. The molecule has 0 saturated carbocycles. The Morgan fingerprint density at radius 1 is 1.50 bits per heavy atom. The second-order valence-electron chi connectivity index (χ2n) is 6.27. The van der Waals surface area contributed by atoms with Gasteiger partial charge in [-0.25, -0.2) is 4.79 Å². The van der Waals surface area contributed by atoms with E-state index in [1.165, 1.54) is 0 Å². The van der Waals surface area contributed by atoms with E-state index in [2.05, 4.69) is 10.4 Å². The van der Waals surface area contributed by atoms with Gasteiger partial charge in [0.25, 0.3) is 0 Å². The van der Waals surface area contributed by atoms with Crippen LogP contribution in [0.2, 0.25) is 0 Å². The van der Waals surface area contributed by atoms with Crippen LogP contribution in [0.25, 0.3) is 0 Å². The molecule has 0 spiro atoms. The third kappa shape index (κ3) is 3.30.